The van der Waals surface area contributed by atoms with Crippen LogP contribution in [-0.2, 0) is 7.05 Å². The van der Waals surface area contributed by atoms with E-state index in [0.29, 0.717) is 0 Å². The van der Waals surface area contributed by atoms with Gasteiger partial charge in [-0.25, -0.2) is 0 Å². The summed E-state index contributed by atoms with van der Waals surface area (Å²) in [5.41, 5.74) is 1.81. The van der Waals surface area contributed by atoms with Crippen molar-refractivity contribution in [2.75, 3.05) is 0 Å². The normalized spacial score (nSPS) is 10.8. The molecule has 0 radical (unpaired) electrons. The second-order valence-corrected chi connectivity index (χ2v) is 4.31. The first-order valence-electron chi connectivity index (χ1n) is 4.35. The number of fused-ring (bicyclic) bond motifs is 1. The van der Waals surface area contributed by atoms with Crippen molar-refractivity contribution in [1.29, 1.82) is 0 Å². The molecule has 72 valence electrons. The molecule has 2 aromatic rings. The molecule has 3 heteroatoms. The van der Waals surface area contributed by atoms with Crippen LogP contribution in [0.25, 0.3) is 10.9 Å². The van der Waals surface area contributed by atoms with Gasteiger partial charge >= 0.3 is 0 Å². The molecule has 2 rings (SSSR count). The Morgan fingerprint density at radius 1 is 1.29 bits per heavy atom. The van der Waals surface area contributed by atoms with E-state index in [1.54, 1.807) is 11.6 Å². The summed E-state index contributed by atoms with van der Waals surface area (Å²) in [6.07, 6.45) is 0. The Labute approximate surface area is 90.3 Å². The molecular weight excluding hydrogens is 242 g/mol. The van der Waals surface area contributed by atoms with Gasteiger partial charge in [-0.15, -0.1) is 0 Å². The molecule has 0 atom stereocenters. The van der Waals surface area contributed by atoms with E-state index in [-0.39, 0.29) is 5.56 Å². The lowest BCUT2D eigenvalue weighted by Crippen LogP contribution is -2.18. The molecule has 14 heavy (non-hydrogen) atoms. The largest absolute Gasteiger partial charge is 0.311 e. The first-order chi connectivity index (χ1) is 6.59. The van der Waals surface area contributed by atoms with Crippen molar-refractivity contribution >= 4 is 26.8 Å². The second kappa shape index (κ2) is 3.24. The molecule has 0 saturated carbocycles. The van der Waals surface area contributed by atoms with Crippen molar-refractivity contribution in [1.82, 2.24) is 4.57 Å². The highest BCUT2D eigenvalue weighted by molar-refractivity contribution is 9.10. The van der Waals surface area contributed by atoms with Crippen LogP contribution >= 0.6 is 15.9 Å². The Hall–Kier alpha value is -1.09. The van der Waals surface area contributed by atoms with Crippen LogP contribution in [0.5, 0.6) is 0 Å². The minimum Gasteiger partial charge on any atom is -0.311 e. The van der Waals surface area contributed by atoms with Crippen LogP contribution in [0, 0.1) is 6.92 Å². The Morgan fingerprint density at radius 2 is 2.00 bits per heavy atom. The predicted octanol–water partition coefficient (Wildman–Crippen LogP) is 2.61. The SMILES string of the molecule is Cc1cc2cc(Br)ccc2n(C)c1=O. The van der Waals surface area contributed by atoms with E-state index in [1.807, 2.05) is 31.2 Å². The van der Waals surface area contributed by atoms with Crippen molar-refractivity contribution in [3.8, 4) is 0 Å². The van der Waals surface area contributed by atoms with Crippen molar-refractivity contribution in [3.63, 3.8) is 0 Å². The maximum absolute atomic E-state index is 11.6. The molecule has 0 aliphatic rings. The Bertz CT molecular complexity index is 557. The van der Waals surface area contributed by atoms with Crippen LogP contribution in [0.4, 0.5) is 0 Å². The van der Waals surface area contributed by atoms with E-state index in [2.05, 4.69) is 15.9 Å². The van der Waals surface area contributed by atoms with Crippen LogP contribution in [-0.4, -0.2) is 4.57 Å². The number of benzene rings is 1. The fourth-order valence-electron chi connectivity index (χ4n) is 1.62. The van der Waals surface area contributed by atoms with Gasteiger partial charge < -0.3 is 4.57 Å². The zero-order valence-corrected chi connectivity index (χ0v) is 9.63. The van der Waals surface area contributed by atoms with Gasteiger partial charge in [-0.3, -0.25) is 4.79 Å². The van der Waals surface area contributed by atoms with E-state index in [4.69, 9.17) is 0 Å². The zero-order valence-electron chi connectivity index (χ0n) is 8.04. The quantitative estimate of drug-likeness (QED) is 0.706. The molecule has 1 aromatic heterocycles. The maximum atomic E-state index is 11.6. The molecule has 0 aliphatic carbocycles. The first kappa shape index (κ1) is 9.46. The Balaban J connectivity index is 2.98. The summed E-state index contributed by atoms with van der Waals surface area (Å²) in [6.45, 7) is 1.84. The molecule has 0 spiro atoms. The van der Waals surface area contributed by atoms with Gasteiger partial charge in [0.05, 0.1) is 5.52 Å². The summed E-state index contributed by atoms with van der Waals surface area (Å²) < 4.78 is 2.71. The minimum absolute atomic E-state index is 0.0693. The monoisotopic (exact) mass is 251 g/mol. The third kappa shape index (κ3) is 1.38. The van der Waals surface area contributed by atoms with Gasteiger partial charge in [-0.05, 0) is 36.6 Å². The summed E-state index contributed by atoms with van der Waals surface area (Å²) in [7, 11) is 1.80. The standard InChI is InChI=1S/C11H10BrNO/c1-7-5-8-6-9(12)3-4-10(8)13(2)11(7)14/h3-6H,1-2H3. The van der Waals surface area contributed by atoms with Crippen LogP contribution in [0.3, 0.4) is 0 Å². The van der Waals surface area contributed by atoms with Gasteiger partial charge in [0.1, 0.15) is 0 Å². The molecule has 0 fully saturated rings. The lowest BCUT2D eigenvalue weighted by atomic mass is 10.1. The molecule has 0 bridgehead atoms. The Kier molecular flexibility index (Phi) is 2.19. The number of hydrogen-bond acceptors (Lipinski definition) is 1. The van der Waals surface area contributed by atoms with Gasteiger partial charge in [-0.1, -0.05) is 15.9 Å². The summed E-state index contributed by atoms with van der Waals surface area (Å²) in [4.78, 5) is 11.6. The molecule has 2 nitrogen and oxygen atoms in total. The summed E-state index contributed by atoms with van der Waals surface area (Å²) >= 11 is 3.41. The highest BCUT2D eigenvalue weighted by atomic mass is 79.9. The lowest BCUT2D eigenvalue weighted by Gasteiger charge is -2.06. The molecule has 0 aliphatic heterocycles. The predicted molar refractivity (Wildman–Crippen MR) is 61.6 cm³/mol. The maximum Gasteiger partial charge on any atom is 0.253 e. The fourth-order valence-corrected chi connectivity index (χ4v) is 1.99. The summed E-state index contributed by atoms with van der Waals surface area (Å²) in [6, 6.07) is 7.82. The van der Waals surface area contributed by atoms with Gasteiger partial charge in [0, 0.05) is 17.1 Å². The lowest BCUT2D eigenvalue weighted by molar-refractivity contribution is 0.893. The summed E-state index contributed by atoms with van der Waals surface area (Å²) in [5, 5.41) is 1.08. The average molecular weight is 252 g/mol. The van der Waals surface area contributed by atoms with E-state index in [0.717, 1.165) is 20.9 Å². The van der Waals surface area contributed by atoms with Crippen molar-refractivity contribution in [2.45, 2.75) is 6.92 Å². The number of aryl methyl sites for hydroxylation is 2. The van der Waals surface area contributed by atoms with E-state index < -0.39 is 0 Å². The fraction of sp³-hybridized carbons (Fsp3) is 0.182. The number of nitrogens with zero attached hydrogens (tertiary/aromatic N) is 1. The van der Waals surface area contributed by atoms with Gasteiger partial charge in [0.15, 0.2) is 0 Å². The number of rotatable bonds is 0. The molecule has 0 amide bonds. The summed E-state index contributed by atoms with van der Waals surface area (Å²) in [5.74, 6) is 0. The smallest absolute Gasteiger partial charge is 0.253 e. The average Bonchev–Trinajstić information content (AvgIpc) is 2.14. The van der Waals surface area contributed by atoms with Crippen molar-refractivity contribution < 1.29 is 0 Å². The zero-order chi connectivity index (χ0) is 10.3. The highest BCUT2D eigenvalue weighted by Crippen LogP contribution is 2.18. The van der Waals surface area contributed by atoms with Crippen LogP contribution in [0.15, 0.2) is 33.5 Å². The van der Waals surface area contributed by atoms with E-state index in [1.165, 1.54) is 0 Å². The minimum atomic E-state index is 0.0693. The molecule has 1 heterocycles. The van der Waals surface area contributed by atoms with E-state index in [9.17, 15) is 4.79 Å². The van der Waals surface area contributed by atoms with Gasteiger partial charge in [-0.2, -0.15) is 0 Å². The molecule has 1 aromatic carbocycles. The van der Waals surface area contributed by atoms with Gasteiger partial charge in [0.25, 0.3) is 5.56 Å². The third-order valence-electron chi connectivity index (χ3n) is 2.36. The number of halogens is 1. The molecule has 0 unspecified atom stereocenters. The van der Waals surface area contributed by atoms with E-state index >= 15 is 0 Å². The van der Waals surface area contributed by atoms with Crippen LogP contribution in [0.2, 0.25) is 0 Å². The molecule has 0 N–H and O–H groups in total. The van der Waals surface area contributed by atoms with Crippen molar-refractivity contribution in [2.24, 2.45) is 7.05 Å². The van der Waals surface area contributed by atoms with Crippen molar-refractivity contribution in [3.05, 3.63) is 44.7 Å². The molecule has 0 saturated heterocycles. The molecular formula is C11H10BrNO. The third-order valence-corrected chi connectivity index (χ3v) is 2.86. The number of pyridine rings is 1. The number of hydrogen-bond donors (Lipinski definition) is 0. The van der Waals surface area contributed by atoms with Crippen LogP contribution < -0.4 is 5.56 Å². The van der Waals surface area contributed by atoms with Crippen LogP contribution in [0.1, 0.15) is 5.56 Å². The first-order valence-corrected chi connectivity index (χ1v) is 5.15. The Morgan fingerprint density at radius 3 is 2.71 bits per heavy atom. The second-order valence-electron chi connectivity index (χ2n) is 3.39. The highest BCUT2D eigenvalue weighted by Gasteiger charge is 2.02. The van der Waals surface area contributed by atoms with Gasteiger partial charge in [0.2, 0.25) is 0 Å². The topological polar surface area (TPSA) is 22.0 Å². The number of aromatic nitrogens is 1.